The Labute approximate surface area is 162 Å². The van der Waals surface area contributed by atoms with Crippen LogP contribution in [-0.2, 0) is 11.3 Å². The van der Waals surface area contributed by atoms with Crippen LogP contribution < -0.4 is 4.90 Å². The monoisotopic (exact) mass is 396 g/mol. The summed E-state index contributed by atoms with van der Waals surface area (Å²) in [6.45, 7) is 8.54. The molecule has 2 heterocycles. The lowest BCUT2D eigenvalue weighted by Crippen LogP contribution is -2.38. The Morgan fingerprint density at radius 2 is 1.77 bits per heavy atom. The lowest BCUT2D eigenvalue weighted by molar-refractivity contribution is 0.121. The van der Waals surface area contributed by atoms with Gasteiger partial charge >= 0.3 is 0 Å². The van der Waals surface area contributed by atoms with E-state index >= 15 is 0 Å². The van der Waals surface area contributed by atoms with Crippen molar-refractivity contribution in [3.63, 3.8) is 0 Å². The van der Waals surface area contributed by atoms with Crippen molar-refractivity contribution < 1.29 is 9.13 Å². The Hall–Kier alpha value is -1.25. The van der Waals surface area contributed by atoms with Gasteiger partial charge in [-0.1, -0.05) is 25.6 Å². The maximum atomic E-state index is 13.0. The SMILES string of the molecule is CC(C)Cn1c(SCCSc2ccc(F)cc2)nnc1N1CCOCC1. The molecule has 26 heavy (non-hydrogen) atoms. The number of benzene rings is 1. The van der Waals surface area contributed by atoms with Crippen LogP contribution in [0.4, 0.5) is 10.3 Å². The summed E-state index contributed by atoms with van der Waals surface area (Å²) in [6, 6.07) is 6.65. The fourth-order valence-corrected chi connectivity index (χ4v) is 4.56. The van der Waals surface area contributed by atoms with Crippen molar-refractivity contribution in [3.05, 3.63) is 30.1 Å². The van der Waals surface area contributed by atoms with Crippen LogP contribution >= 0.6 is 23.5 Å². The molecule has 142 valence electrons. The first-order valence-corrected chi connectivity index (χ1v) is 10.9. The number of thioether (sulfide) groups is 2. The van der Waals surface area contributed by atoms with Crippen LogP contribution in [0.2, 0.25) is 0 Å². The predicted octanol–water partition coefficient (Wildman–Crippen LogP) is 3.79. The van der Waals surface area contributed by atoms with E-state index in [4.69, 9.17) is 4.74 Å². The number of hydrogen-bond donors (Lipinski definition) is 0. The molecule has 5 nitrogen and oxygen atoms in total. The van der Waals surface area contributed by atoms with E-state index in [2.05, 4.69) is 33.5 Å². The summed E-state index contributed by atoms with van der Waals surface area (Å²) >= 11 is 3.46. The molecule has 0 aliphatic carbocycles. The second kappa shape index (κ2) is 9.62. The summed E-state index contributed by atoms with van der Waals surface area (Å²) in [4.78, 5) is 3.35. The minimum atomic E-state index is -0.193. The van der Waals surface area contributed by atoms with Gasteiger partial charge < -0.3 is 9.64 Å². The third kappa shape index (κ3) is 5.37. The summed E-state index contributed by atoms with van der Waals surface area (Å²) in [5.74, 6) is 3.16. The summed E-state index contributed by atoms with van der Waals surface area (Å²) < 4.78 is 20.6. The Morgan fingerprint density at radius 3 is 2.46 bits per heavy atom. The maximum absolute atomic E-state index is 13.0. The van der Waals surface area contributed by atoms with Gasteiger partial charge in [-0.15, -0.1) is 22.0 Å². The van der Waals surface area contributed by atoms with E-state index in [1.54, 1.807) is 23.5 Å². The van der Waals surface area contributed by atoms with Crippen molar-refractivity contribution in [2.24, 2.45) is 5.92 Å². The lowest BCUT2D eigenvalue weighted by atomic mass is 10.2. The highest BCUT2D eigenvalue weighted by molar-refractivity contribution is 8.02. The Bertz CT molecular complexity index is 687. The number of ether oxygens (including phenoxy) is 1. The highest BCUT2D eigenvalue weighted by atomic mass is 32.2. The van der Waals surface area contributed by atoms with Gasteiger partial charge in [-0.3, -0.25) is 4.57 Å². The van der Waals surface area contributed by atoms with E-state index in [9.17, 15) is 4.39 Å². The van der Waals surface area contributed by atoms with Gasteiger partial charge in [-0.25, -0.2) is 4.39 Å². The van der Waals surface area contributed by atoms with Crippen LogP contribution in [0.5, 0.6) is 0 Å². The van der Waals surface area contributed by atoms with Crippen molar-refractivity contribution in [1.82, 2.24) is 14.8 Å². The number of nitrogens with zero attached hydrogens (tertiary/aromatic N) is 4. The molecule has 1 aromatic carbocycles. The third-order valence-corrected chi connectivity index (χ3v) is 6.18. The number of halogens is 1. The number of rotatable bonds is 8. The summed E-state index contributed by atoms with van der Waals surface area (Å²) in [7, 11) is 0. The normalized spacial score (nSPS) is 15.0. The summed E-state index contributed by atoms with van der Waals surface area (Å²) in [6.07, 6.45) is 0. The minimum Gasteiger partial charge on any atom is -0.378 e. The molecule has 1 aromatic heterocycles. The topological polar surface area (TPSA) is 43.2 Å². The van der Waals surface area contributed by atoms with E-state index in [0.29, 0.717) is 5.92 Å². The standard InChI is InChI=1S/C18H25FN4OS2/c1-14(2)13-23-17(22-7-9-24-10-8-22)20-21-18(23)26-12-11-25-16-5-3-15(19)4-6-16/h3-6,14H,7-13H2,1-2H3. The van der Waals surface area contributed by atoms with Crippen molar-refractivity contribution in [3.8, 4) is 0 Å². The first-order chi connectivity index (χ1) is 12.6. The highest BCUT2D eigenvalue weighted by Gasteiger charge is 2.21. The summed E-state index contributed by atoms with van der Waals surface area (Å²) in [5, 5.41) is 9.86. The molecule has 0 N–H and O–H groups in total. The molecule has 0 unspecified atom stereocenters. The zero-order chi connectivity index (χ0) is 18.4. The molecule has 0 spiro atoms. The molecule has 0 saturated carbocycles. The zero-order valence-electron chi connectivity index (χ0n) is 15.2. The van der Waals surface area contributed by atoms with Gasteiger partial charge in [-0.05, 0) is 30.2 Å². The molecule has 0 bridgehead atoms. The van der Waals surface area contributed by atoms with Crippen LogP contribution in [0.1, 0.15) is 13.8 Å². The number of morpholine rings is 1. The lowest BCUT2D eigenvalue weighted by Gasteiger charge is -2.28. The quantitative estimate of drug-likeness (QED) is 0.500. The molecule has 0 radical (unpaired) electrons. The molecule has 1 saturated heterocycles. The maximum Gasteiger partial charge on any atom is 0.228 e. The van der Waals surface area contributed by atoms with Crippen LogP contribution in [0.25, 0.3) is 0 Å². The van der Waals surface area contributed by atoms with Crippen molar-refractivity contribution >= 4 is 29.5 Å². The molecule has 1 aliphatic rings. The van der Waals surface area contributed by atoms with Crippen molar-refractivity contribution in [1.29, 1.82) is 0 Å². The van der Waals surface area contributed by atoms with Gasteiger partial charge in [-0.2, -0.15) is 0 Å². The van der Waals surface area contributed by atoms with E-state index in [-0.39, 0.29) is 5.82 Å². The van der Waals surface area contributed by atoms with Gasteiger partial charge in [0.05, 0.1) is 13.2 Å². The fraction of sp³-hybridized carbons (Fsp3) is 0.556. The molecule has 1 aliphatic heterocycles. The Morgan fingerprint density at radius 1 is 1.08 bits per heavy atom. The summed E-state index contributed by atoms with van der Waals surface area (Å²) in [5.41, 5.74) is 0. The van der Waals surface area contributed by atoms with E-state index in [0.717, 1.165) is 60.4 Å². The molecule has 8 heteroatoms. The molecule has 3 rings (SSSR count). The van der Waals surface area contributed by atoms with Crippen LogP contribution in [0.15, 0.2) is 34.3 Å². The van der Waals surface area contributed by atoms with Crippen LogP contribution in [-0.4, -0.2) is 52.6 Å². The van der Waals surface area contributed by atoms with E-state index < -0.39 is 0 Å². The molecular formula is C18H25FN4OS2. The second-order valence-electron chi connectivity index (χ2n) is 6.54. The number of hydrogen-bond acceptors (Lipinski definition) is 6. The molecule has 0 amide bonds. The molecule has 0 atom stereocenters. The molecule has 1 fully saturated rings. The third-order valence-electron chi connectivity index (χ3n) is 3.94. The van der Waals surface area contributed by atoms with Crippen molar-refractivity contribution in [2.75, 3.05) is 42.7 Å². The van der Waals surface area contributed by atoms with Gasteiger partial charge in [0.15, 0.2) is 5.16 Å². The average Bonchev–Trinajstić information content (AvgIpc) is 3.03. The molecule has 2 aromatic rings. The van der Waals surface area contributed by atoms with E-state index in [1.165, 1.54) is 12.1 Å². The van der Waals surface area contributed by atoms with Crippen molar-refractivity contribution in [2.45, 2.75) is 30.4 Å². The fourth-order valence-electron chi connectivity index (χ4n) is 2.73. The van der Waals surface area contributed by atoms with Gasteiger partial charge in [0.1, 0.15) is 5.82 Å². The smallest absolute Gasteiger partial charge is 0.228 e. The van der Waals surface area contributed by atoms with Gasteiger partial charge in [0, 0.05) is 36.0 Å². The number of aromatic nitrogens is 3. The zero-order valence-corrected chi connectivity index (χ0v) is 16.9. The molecular weight excluding hydrogens is 371 g/mol. The van der Waals surface area contributed by atoms with Crippen LogP contribution in [0.3, 0.4) is 0 Å². The second-order valence-corrected chi connectivity index (χ2v) is 8.77. The largest absolute Gasteiger partial charge is 0.378 e. The Balaban J connectivity index is 1.59. The predicted molar refractivity (Wildman–Crippen MR) is 106 cm³/mol. The Kier molecular flexibility index (Phi) is 7.22. The first kappa shape index (κ1) is 19.5. The highest BCUT2D eigenvalue weighted by Crippen LogP contribution is 2.26. The number of anilines is 1. The van der Waals surface area contributed by atoms with Gasteiger partial charge in [0.2, 0.25) is 5.95 Å². The first-order valence-electron chi connectivity index (χ1n) is 8.90. The van der Waals surface area contributed by atoms with E-state index in [1.807, 2.05) is 12.1 Å². The van der Waals surface area contributed by atoms with Gasteiger partial charge in [0.25, 0.3) is 0 Å². The van der Waals surface area contributed by atoms with Crippen LogP contribution in [0, 0.1) is 11.7 Å². The average molecular weight is 397 g/mol. The minimum absolute atomic E-state index is 0.193.